The average Bonchev–Trinajstić information content (AvgIpc) is 2.64. The maximum absolute atomic E-state index is 13.2. The number of carboxylic acid groups (broad SMARTS) is 1. The number of nitrogens with zero attached hydrogens (tertiary/aromatic N) is 1. The number of hydrogen-bond acceptors (Lipinski definition) is 7. The smallest absolute Gasteiger partial charge is 0.335 e. The van der Waals surface area contributed by atoms with Gasteiger partial charge in [-0.2, -0.15) is 0 Å². The number of sulfone groups is 1. The van der Waals surface area contributed by atoms with Crippen LogP contribution in [0.2, 0.25) is 0 Å². The number of rotatable bonds is 7. The number of aromatic carboxylic acids is 1. The van der Waals surface area contributed by atoms with Gasteiger partial charge in [-0.25, -0.2) is 21.6 Å². The van der Waals surface area contributed by atoms with E-state index in [9.17, 15) is 31.8 Å². The fraction of sp³-hybridized carbons (Fsp3) is 0.350. The molecule has 1 aliphatic heterocycles. The van der Waals surface area contributed by atoms with Gasteiger partial charge < -0.3 is 15.1 Å². The first-order chi connectivity index (χ1) is 14.2. The van der Waals surface area contributed by atoms with Gasteiger partial charge in [-0.3, -0.25) is 4.72 Å². The summed E-state index contributed by atoms with van der Waals surface area (Å²) in [4.78, 5) is 12.8. The van der Waals surface area contributed by atoms with Gasteiger partial charge >= 0.3 is 5.97 Å². The highest BCUT2D eigenvalue weighted by molar-refractivity contribution is 7.92. The van der Waals surface area contributed by atoms with Gasteiger partial charge in [0.2, 0.25) is 0 Å². The van der Waals surface area contributed by atoms with E-state index >= 15 is 0 Å². The van der Waals surface area contributed by atoms with Gasteiger partial charge in [-0.15, -0.1) is 0 Å². The van der Waals surface area contributed by atoms with Crippen LogP contribution in [0.4, 0.5) is 11.4 Å². The lowest BCUT2D eigenvalue weighted by Crippen LogP contribution is -2.60. The molecule has 3 rings (SSSR count). The quantitative estimate of drug-likeness (QED) is 0.558. The van der Waals surface area contributed by atoms with Gasteiger partial charge in [0, 0.05) is 19.3 Å². The molecule has 0 unspecified atom stereocenters. The summed E-state index contributed by atoms with van der Waals surface area (Å²) in [7, 11) is -7.85. The van der Waals surface area contributed by atoms with E-state index in [1.54, 1.807) is 18.7 Å². The summed E-state index contributed by atoms with van der Waals surface area (Å²) < 4.78 is 52.9. The second-order valence-electron chi connectivity index (χ2n) is 7.89. The number of aliphatic hydroxyl groups is 1. The zero-order chi connectivity index (χ0) is 23.2. The molecular weight excluding hydrogens is 444 g/mol. The van der Waals surface area contributed by atoms with Crippen molar-refractivity contribution in [3.8, 4) is 0 Å². The molecule has 3 N–H and O–H groups in total. The van der Waals surface area contributed by atoms with Crippen LogP contribution in [0.3, 0.4) is 0 Å². The molecule has 0 atom stereocenters. The lowest BCUT2D eigenvalue weighted by atomic mass is 9.96. The number of nitrogens with one attached hydrogen (secondary N) is 1. The van der Waals surface area contributed by atoms with E-state index in [1.165, 1.54) is 30.3 Å². The van der Waals surface area contributed by atoms with Crippen LogP contribution in [0, 0.1) is 0 Å². The summed E-state index contributed by atoms with van der Waals surface area (Å²) in [6.45, 7) is 3.87. The minimum atomic E-state index is -4.24. The fourth-order valence-electron chi connectivity index (χ4n) is 3.48. The van der Waals surface area contributed by atoms with Crippen LogP contribution < -0.4 is 9.62 Å². The molecule has 0 amide bonds. The van der Waals surface area contributed by atoms with Gasteiger partial charge in [-0.05, 0) is 49.2 Å². The molecule has 2 aromatic carbocycles. The highest BCUT2D eigenvalue weighted by atomic mass is 32.2. The van der Waals surface area contributed by atoms with Crippen LogP contribution in [0.15, 0.2) is 46.2 Å². The van der Waals surface area contributed by atoms with E-state index in [4.69, 9.17) is 0 Å². The molecule has 11 heteroatoms. The number of aryl methyl sites for hydroxylation is 1. The van der Waals surface area contributed by atoms with E-state index in [2.05, 4.69) is 4.72 Å². The van der Waals surface area contributed by atoms with Crippen molar-refractivity contribution < 1.29 is 31.8 Å². The summed E-state index contributed by atoms with van der Waals surface area (Å²) in [5.41, 5.74) is -0.251. The number of benzene rings is 2. The molecule has 1 aliphatic rings. The number of carbonyl (C=O) groups is 1. The molecule has 1 heterocycles. The van der Waals surface area contributed by atoms with E-state index in [1.807, 2.05) is 0 Å². The SMILES string of the molecule is CCc1ccc(C(=O)O)cc1S(=O)(=O)Nc1cc(S(C)(=O)=O)ccc1N1CC(C)(O)C1. The van der Waals surface area contributed by atoms with Crippen molar-refractivity contribution in [3.63, 3.8) is 0 Å². The molecule has 1 saturated heterocycles. The highest BCUT2D eigenvalue weighted by Gasteiger charge is 2.38. The molecule has 9 nitrogen and oxygen atoms in total. The molecule has 0 saturated carbocycles. The van der Waals surface area contributed by atoms with Crippen LogP contribution >= 0.6 is 0 Å². The van der Waals surface area contributed by atoms with Crippen molar-refractivity contribution in [3.05, 3.63) is 47.5 Å². The first-order valence-corrected chi connectivity index (χ1v) is 12.8. The van der Waals surface area contributed by atoms with Crippen LogP contribution in [0.1, 0.15) is 29.8 Å². The molecule has 2 aromatic rings. The van der Waals surface area contributed by atoms with Crippen LogP contribution in [-0.4, -0.2) is 58.0 Å². The van der Waals surface area contributed by atoms with E-state index in [0.29, 0.717) is 17.7 Å². The molecular formula is C20H24N2O7S2. The van der Waals surface area contributed by atoms with Crippen LogP contribution in [0.25, 0.3) is 0 Å². The predicted octanol–water partition coefficient (Wildman–Crippen LogP) is 1.72. The standard InChI is InChI=1S/C20H24N2O7S2/c1-4-13-5-6-14(19(23)24)9-18(13)31(28,29)21-16-10-15(30(3,26)27)7-8-17(16)22-11-20(2,25)12-22/h5-10,21,25H,4,11-12H2,1-3H3,(H,23,24). The first-order valence-electron chi connectivity index (χ1n) is 9.44. The molecule has 0 bridgehead atoms. The molecule has 0 spiro atoms. The Morgan fingerprint density at radius 1 is 1.13 bits per heavy atom. The second kappa shape index (κ2) is 7.81. The monoisotopic (exact) mass is 468 g/mol. The lowest BCUT2D eigenvalue weighted by Gasteiger charge is -2.46. The molecule has 0 aliphatic carbocycles. The Hall–Kier alpha value is -2.63. The minimum absolute atomic E-state index is 0.0289. The average molecular weight is 469 g/mol. The first kappa shape index (κ1) is 23.0. The number of hydrogen-bond donors (Lipinski definition) is 3. The summed E-state index contributed by atoms with van der Waals surface area (Å²) in [5.74, 6) is -1.26. The zero-order valence-electron chi connectivity index (χ0n) is 17.3. The number of carboxylic acids is 1. The van der Waals surface area contributed by atoms with Crippen LogP contribution in [0.5, 0.6) is 0 Å². The molecule has 168 valence electrons. The fourth-order valence-corrected chi connectivity index (χ4v) is 5.53. The number of anilines is 2. The van der Waals surface area contributed by atoms with Gasteiger partial charge in [0.05, 0.1) is 32.3 Å². The third-order valence-electron chi connectivity index (χ3n) is 5.03. The van der Waals surface area contributed by atoms with Crippen molar-refractivity contribution in [2.45, 2.75) is 35.7 Å². The Morgan fingerprint density at radius 3 is 2.29 bits per heavy atom. The Balaban J connectivity index is 2.10. The number of sulfonamides is 1. The molecule has 0 aromatic heterocycles. The maximum atomic E-state index is 13.2. The van der Waals surface area contributed by atoms with Crippen molar-refractivity contribution in [1.29, 1.82) is 0 Å². The Kier molecular flexibility index (Phi) is 5.80. The third-order valence-corrected chi connectivity index (χ3v) is 7.59. The lowest BCUT2D eigenvalue weighted by molar-refractivity contribution is 0.0311. The van der Waals surface area contributed by atoms with E-state index in [-0.39, 0.29) is 34.1 Å². The van der Waals surface area contributed by atoms with Crippen molar-refractivity contribution in [1.82, 2.24) is 0 Å². The molecule has 0 radical (unpaired) electrons. The van der Waals surface area contributed by atoms with E-state index in [0.717, 1.165) is 12.3 Å². The summed E-state index contributed by atoms with van der Waals surface area (Å²) in [5, 5.41) is 19.3. The summed E-state index contributed by atoms with van der Waals surface area (Å²) in [6, 6.07) is 7.94. The van der Waals surface area contributed by atoms with Crippen molar-refractivity contribution in [2.24, 2.45) is 0 Å². The van der Waals surface area contributed by atoms with Crippen LogP contribution in [-0.2, 0) is 26.3 Å². The van der Waals surface area contributed by atoms with Gasteiger partial charge in [0.1, 0.15) is 0 Å². The Bertz CT molecular complexity index is 1240. The van der Waals surface area contributed by atoms with Crippen molar-refractivity contribution >= 4 is 37.2 Å². The van der Waals surface area contributed by atoms with E-state index < -0.39 is 31.4 Å². The Labute approximate surface area is 181 Å². The van der Waals surface area contributed by atoms with Crippen molar-refractivity contribution in [2.75, 3.05) is 29.0 Å². The zero-order valence-corrected chi connectivity index (χ0v) is 18.9. The van der Waals surface area contributed by atoms with Gasteiger partial charge in [-0.1, -0.05) is 13.0 Å². The summed E-state index contributed by atoms with van der Waals surface area (Å²) in [6.07, 6.45) is 1.36. The molecule has 31 heavy (non-hydrogen) atoms. The third kappa shape index (κ3) is 4.83. The molecule has 1 fully saturated rings. The minimum Gasteiger partial charge on any atom is -0.478 e. The highest BCUT2D eigenvalue weighted by Crippen LogP contribution is 2.36. The largest absolute Gasteiger partial charge is 0.478 e. The Morgan fingerprint density at radius 2 is 1.77 bits per heavy atom. The topological polar surface area (TPSA) is 141 Å². The maximum Gasteiger partial charge on any atom is 0.335 e. The van der Waals surface area contributed by atoms with Gasteiger partial charge in [0.25, 0.3) is 10.0 Å². The summed E-state index contributed by atoms with van der Waals surface area (Å²) >= 11 is 0. The second-order valence-corrected chi connectivity index (χ2v) is 11.6. The predicted molar refractivity (Wildman–Crippen MR) is 116 cm³/mol. The normalized spacial score (nSPS) is 15.9. The van der Waals surface area contributed by atoms with Gasteiger partial charge in [0.15, 0.2) is 9.84 Å². The number of β-amino-alcohol motifs (C(OH)–C–C–N with tert-alkyl or cyclic N) is 1.